The molecule has 0 unspecified atom stereocenters. The van der Waals surface area contributed by atoms with Crippen molar-refractivity contribution in [1.29, 1.82) is 5.26 Å². The number of rotatable bonds is 47. The molecule has 0 radical (unpaired) electrons. The second-order valence-corrected chi connectivity index (χ2v) is 21.1. The minimum atomic E-state index is -0.512. The SMILES string of the molecule is CCCCCCCCCCCCCCCCCCCCCCN(CCCCCCCCCCCCCCCCCCCCCC)c1ccc(-c2ccc(/C=C/c3ccc([N+](=O)[O-])c(C#N)c3)cc2)cc1. The van der Waals surface area contributed by atoms with Crippen LogP contribution in [0.3, 0.4) is 0 Å². The maximum Gasteiger partial charge on any atom is 0.287 e. The number of anilines is 1. The Labute approximate surface area is 431 Å². The topological polar surface area (TPSA) is 70.2 Å². The van der Waals surface area contributed by atoms with E-state index in [1.165, 1.54) is 280 Å². The molecule has 0 aliphatic heterocycles. The first-order chi connectivity index (χ1) is 34.5. The van der Waals surface area contributed by atoms with E-state index in [1.807, 2.05) is 18.2 Å². The zero-order valence-electron chi connectivity index (χ0n) is 45.4. The second-order valence-electron chi connectivity index (χ2n) is 21.1. The molecule has 3 aromatic rings. The molecule has 0 spiro atoms. The fourth-order valence-corrected chi connectivity index (χ4v) is 10.2. The fraction of sp³-hybridized carbons (Fsp3) is 0.677. The van der Waals surface area contributed by atoms with E-state index in [-0.39, 0.29) is 11.3 Å². The van der Waals surface area contributed by atoms with Crippen LogP contribution in [-0.4, -0.2) is 18.0 Å². The third-order valence-electron chi connectivity index (χ3n) is 14.8. The first kappa shape index (κ1) is 60.4. The smallest absolute Gasteiger partial charge is 0.287 e. The molecule has 0 atom stereocenters. The Morgan fingerprint density at radius 3 is 1.01 bits per heavy atom. The monoisotopic (exact) mass is 958 g/mol. The van der Waals surface area contributed by atoms with Gasteiger partial charge in [-0.2, -0.15) is 5.26 Å². The van der Waals surface area contributed by atoms with E-state index >= 15 is 0 Å². The molecule has 3 aromatic carbocycles. The van der Waals surface area contributed by atoms with Crippen molar-refractivity contribution in [3.8, 4) is 17.2 Å². The Balaban J connectivity index is 1.34. The van der Waals surface area contributed by atoms with Crippen molar-refractivity contribution in [2.75, 3.05) is 18.0 Å². The van der Waals surface area contributed by atoms with Gasteiger partial charge in [-0.3, -0.25) is 10.1 Å². The van der Waals surface area contributed by atoms with Crippen LogP contribution in [0, 0.1) is 21.4 Å². The van der Waals surface area contributed by atoms with Crippen molar-refractivity contribution in [2.45, 2.75) is 271 Å². The van der Waals surface area contributed by atoms with Crippen LogP contribution in [0.25, 0.3) is 23.3 Å². The Bertz CT molecular complexity index is 1710. The van der Waals surface area contributed by atoms with E-state index in [2.05, 4.69) is 67.3 Å². The molecule has 70 heavy (non-hydrogen) atoms. The van der Waals surface area contributed by atoms with Crippen LogP contribution in [0.15, 0.2) is 66.7 Å². The van der Waals surface area contributed by atoms with E-state index in [0.29, 0.717) is 0 Å². The lowest BCUT2D eigenvalue weighted by Crippen LogP contribution is -2.25. The van der Waals surface area contributed by atoms with Gasteiger partial charge in [0.1, 0.15) is 11.6 Å². The first-order valence-electron chi connectivity index (χ1n) is 29.9. The van der Waals surface area contributed by atoms with Gasteiger partial charge in [-0.15, -0.1) is 0 Å². The Morgan fingerprint density at radius 2 is 0.700 bits per heavy atom. The highest BCUT2D eigenvalue weighted by Gasteiger charge is 2.13. The fourth-order valence-electron chi connectivity index (χ4n) is 10.2. The van der Waals surface area contributed by atoms with Gasteiger partial charge >= 0.3 is 0 Å². The summed E-state index contributed by atoms with van der Waals surface area (Å²) in [5.74, 6) is 0. The summed E-state index contributed by atoms with van der Waals surface area (Å²) in [4.78, 5) is 13.4. The maximum absolute atomic E-state index is 11.2. The summed E-state index contributed by atoms with van der Waals surface area (Å²) >= 11 is 0. The predicted octanol–water partition coefficient (Wildman–Crippen LogP) is 21.8. The molecule has 0 aliphatic carbocycles. The highest BCUT2D eigenvalue weighted by molar-refractivity contribution is 5.74. The van der Waals surface area contributed by atoms with E-state index in [0.717, 1.165) is 24.2 Å². The molecular formula is C65H103N3O2. The number of hydrogen-bond donors (Lipinski definition) is 0. The second kappa shape index (κ2) is 42.7. The molecule has 0 bridgehead atoms. The molecule has 0 heterocycles. The van der Waals surface area contributed by atoms with Gasteiger partial charge in [-0.1, -0.05) is 306 Å². The van der Waals surface area contributed by atoms with E-state index < -0.39 is 4.92 Å². The average molecular weight is 959 g/mol. The van der Waals surface area contributed by atoms with E-state index in [9.17, 15) is 15.4 Å². The number of nitro groups is 1. The highest BCUT2D eigenvalue weighted by Crippen LogP contribution is 2.27. The van der Waals surface area contributed by atoms with Crippen molar-refractivity contribution in [3.05, 3.63) is 93.5 Å². The van der Waals surface area contributed by atoms with Gasteiger partial charge in [0.25, 0.3) is 5.69 Å². The highest BCUT2D eigenvalue weighted by atomic mass is 16.6. The molecule has 390 valence electrons. The lowest BCUT2D eigenvalue weighted by Gasteiger charge is -2.25. The summed E-state index contributed by atoms with van der Waals surface area (Å²) in [7, 11) is 0. The number of hydrogen-bond acceptors (Lipinski definition) is 4. The standard InChI is InChI=1S/C65H103N3O2/c1-3-5-7-9-11-13-15-17-19-21-23-25-27-29-31-33-35-37-39-41-55-67(56-42-40-38-36-34-32-30-28-26-24-22-20-18-16-14-12-10-8-6-4-2)64-52-50-62(51-53-64)61-48-45-59(46-49-61)43-44-60-47-54-65(68(69)70)63(57-60)58-66/h43-54,57H,3-42,55-56H2,1-2H3/b44-43+. The summed E-state index contributed by atoms with van der Waals surface area (Å²) in [6.07, 6.45) is 60.5. The van der Waals surface area contributed by atoms with Gasteiger partial charge in [0.05, 0.1) is 4.92 Å². The Morgan fingerprint density at radius 1 is 0.414 bits per heavy atom. The van der Waals surface area contributed by atoms with Crippen molar-refractivity contribution in [3.63, 3.8) is 0 Å². The Kier molecular flexibility index (Phi) is 36.9. The first-order valence-corrected chi connectivity index (χ1v) is 29.9. The molecule has 0 amide bonds. The molecule has 3 rings (SSSR count). The van der Waals surface area contributed by atoms with Crippen LogP contribution in [0.2, 0.25) is 0 Å². The number of unbranched alkanes of at least 4 members (excludes halogenated alkanes) is 38. The zero-order valence-corrected chi connectivity index (χ0v) is 45.4. The van der Waals surface area contributed by atoms with Crippen LogP contribution in [-0.2, 0) is 0 Å². The van der Waals surface area contributed by atoms with Gasteiger partial charge in [0.15, 0.2) is 0 Å². The Hall–Kier alpha value is -3.91. The van der Waals surface area contributed by atoms with Crippen molar-refractivity contribution < 1.29 is 4.92 Å². The molecule has 0 saturated heterocycles. The van der Waals surface area contributed by atoms with Gasteiger partial charge < -0.3 is 4.90 Å². The average Bonchev–Trinajstić information content (AvgIpc) is 3.38. The lowest BCUT2D eigenvalue weighted by atomic mass is 10.0. The van der Waals surface area contributed by atoms with Gasteiger partial charge in [-0.05, 0) is 59.4 Å². The summed E-state index contributed by atoms with van der Waals surface area (Å²) in [6, 6.07) is 24.3. The predicted molar refractivity (Wildman–Crippen MR) is 307 cm³/mol. The largest absolute Gasteiger partial charge is 0.372 e. The van der Waals surface area contributed by atoms with Crippen LogP contribution < -0.4 is 4.90 Å². The third-order valence-corrected chi connectivity index (χ3v) is 14.8. The van der Waals surface area contributed by atoms with Gasteiger partial charge in [0.2, 0.25) is 0 Å². The summed E-state index contributed by atoms with van der Waals surface area (Å²) in [5, 5.41) is 20.6. The van der Waals surface area contributed by atoms with E-state index in [1.54, 1.807) is 12.1 Å². The normalized spacial score (nSPS) is 11.4. The van der Waals surface area contributed by atoms with E-state index in [4.69, 9.17) is 0 Å². The molecule has 0 N–H and O–H groups in total. The van der Waals surface area contributed by atoms with Gasteiger partial charge in [0, 0.05) is 24.8 Å². The number of nitro benzene ring substituents is 1. The number of nitriles is 1. The molecule has 5 heteroatoms. The van der Waals surface area contributed by atoms with Crippen LogP contribution in [0.4, 0.5) is 11.4 Å². The van der Waals surface area contributed by atoms with Crippen LogP contribution in [0.1, 0.15) is 287 Å². The maximum atomic E-state index is 11.2. The van der Waals surface area contributed by atoms with Crippen molar-refractivity contribution in [1.82, 2.24) is 0 Å². The zero-order chi connectivity index (χ0) is 49.8. The molecule has 5 nitrogen and oxygen atoms in total. The number of nitrogens with zero attached hydrogens (tertiary/aromatic N) is 3. The molecule has 0 aliphatic rings. The minimum Gasteiger partial charge on any atom is -0.372 e. The van der Waals surface area contributed by atoms with Crippen molar-refractivity contribution >= 4 is 23.5 Å². The molecule has 0 fully saturated rings. The molecule has 0 aromatic heterocycles. The molecular weight excluding hydrogens is 855 g/mol. The summed E-state index contributed by atoms with van der Waals surface area (Å²) < 4.78 is 0. The van der Waals surface area contributed by atoms with Crippen LogP contribution >= 0.6 is 0 Å². The molecule has 0 saturated carbocycles. The number of benzene rings is 3. The van der Waals surface area contributed by atoms with Crippen LogP contribution in [0.5, 0.6) is 0 Å². The summed E-state index contributed by atoms with van der Waals surface area (Å²) in [6.45, 7) is 6.89. The summed E-state index contributed by atoms with van der Waals surface area (Å²) in [5.41, 5.74) is 5.45. The lowest BCUT2D eigenvalue weighted by molar-refractivity contribution is -0.385. The third kappa shape index (κ3) is 30.1. The minimum absolute atomic E-state index is 0.0750. The van der Waals surface area contributed by atoms with Gasteiger partial charge in [-0.25, -0.2) is 0 Å². The quantitative estimate of drug-likeness (QED) is 0.0245. The van der Waals surface area contributed by atoms with Crippen molar-refractivity contribution in [2.24, 2.45) is 0 Å².